The van der Waals surface area contributed by atoms with Gasteiger partial charge in [-0.05, 0) is 70.6 Å². The van der Waals surface area contributed by atoms with Gasteiger partial charge >= 0.3 is 17.9 Å². The summed E-state index contributed by atoms with van der Waals surface area (Å²) in [4.78, 5) is 37.8. The Kier molecular flexibility index (Phi) is 44.9. The summed E-state index contributed by atoms with van der Waals surface area (Å²) >= 11 is 0. The summed E-state index contributed by atoms with van der Waals surface area (Å²) in [5, 5.41) is 0. The highest BCUT2D eigenvalue weighted by Gasteiger charge is 2.19. The van der Waals surface area contributed by atoms with Crippen LogP contribution in [0.4, 0.5) is 0 Å². The normalized spacial score (nSPS) is 12.1. The van der Waals surface area contributed by atoms with E-state index in [0.717, 1.165) is 64.2 Å². The van der Waals surface area contributed by atoms with Crippen LogP contribution in [0.3, 0.4) is 0 Å². The number of rotatable bonds is 45. The number of allylic oxidation sites excluding steroid dienone is 4. The molecule has 6 heteroatoms. The Morgan fingerprint density at radius 3 is 0.877 bits per heavy atom. The van der Waals surface area contributed by atoms with Gasteiger partial charge in [-0.25, -0.2) is 0 Å². The first-order valence-electron chi connectivity index (χ1n) is 24.8. The molecule has 0 amide bonds. The van der Waals surface area contributed by atoms with Gasteiger partial charge < -0.3 is 14.2 Å². The molecule has 0 aromatic carbocycles. The lowest BCUT2D eigenvalue weighted by Crippen LogP contribution is -2.30. The molecule has 0 aliphatic rings. The lowest BCUT2D eigenvalue weighted by molar-refractivity contribution is -0.167. The van der Waals surface area contributed by atoms with E-state index in [4.69, 9.17) is 14.2 Å². The van der Waals surface area contributed by atoms with Crippen molar-refractivity contribution in [2.75, 3.05) is 13.2 Å². The van der Waals surface area contributed by atoms with E-state index < -0.39 is 6.10 Å². The van der Waals surface area contributed by atoms with Gasteiger partial charge in [-0.3, -0.25) is 14.4 Å². The summed E-state index contributed by atoms with van der Waals surface area (Å²) in [6.45, 7) is 6.60. The van der Waals surface area contributed by atoms with Gasteiger partial charge in [0.2, 0.25) is 0 Å². The zero-order chi connectivity index (χ0) is 41.5. The molecule has 0 rings (SSSR count). The second-order valence-electron chi connectivity index (χ2n) is 16.7. The van der Waals surface area contributed by atoms with Gasteiger partial charge in [0.05, 0.1) is 0 Å². The molecule has 0 fully saturated rings. The SMILES string of the molecule is CCCCCCC/C=C\CCCCCCCC(=O)OC(COC(=O)CCCCCCCCCC)COC(=O)CCCCCCCCC/C=C\CCCCCCCC. The van der Waals surface area contributed by atoms with Crippen LogP contribution in [-0.4, -0.2) is 37.2 Å². The van der Waals surface area contributed by atoms with E-state index in [1.807, 2.05) is 0 Å². The summed E-state index contributed by atoms with van der Waals surface area (Å²) in [6.07, 6.45) is 51.6. The van der Waals surface area contributed by atoms with Crippen molar-refractivity contribution in [1.82, 2.24) is 0 Å². The van der Waals surface area contributed by atoms with Crippen LogP contribution in [0.25, 0.3) is 0 Å². The summed E-state index contributed by atoms with van der Waals surface area (Å²) in [7, 11) is 0. The van der Waals surface area contributed by atoms with Gasteiger partial charge in [0.15, 0.2) is 6.10 Å². The fourth-order valence-electron chi connectivity index (χ4n) is 7.14. The van der Waals surface area contributed by atoms with Crippen molar-refractivity contribution < 1.29 is 28.6 Å². The average Bonchev–Trinajstić information content (AvgIpc) is 3.21. The fourth-order valence-corrected chi connectivity index (χ4v) is 7.14. The molecule has 0 aliphatic heterocycles. The lowest BCUT2D eigenvalue weighted by Gasteiger charge is -2.18. The van der Waals surface area contributed by atoms with E-state index in [2.05, 4.69) is 45.1 Å². The van der Waals surface area contributed by atoms with Gasteiger partial charge in [0.25, 0.3) is 0 Å². The molecule has 6 nitrogen and oxygen atoms in total. The second-order valence-corrected chi connectivity index (χ2v) is 16.7. The molecule has 0 aliphatic carbocycles. The molecule has 0 bridgehead atoms. The van der Waals surface area contributed by atoms with Crippen molar-refractivity contribution in [2.24, 2.45) is 0 Å². The van der Waals surface area contributed by atoms with Crippen LogP contribution in [0.1, 0.15) is 265 Å². The van der Waals surface area contributed by atoms with E-state index in [1.165, 1.54) is 161 Å². The third-order valence-electron chi connectivity index (χ3n) is 10.9. The number of hydrogen-bond donors (Lipinski definition) is 0. The largest absolute Gasteiger partial charge is 0.462 e. The fraction of sp³-hybridized carbons (Fsp3) is 0.863. The van der Waals surface area contributed by atoms with Gasteiger partial charge in [-0.15, -0.1) is 0 Å². The maximum absolute atomic E-state index is 12.7. The highest BCUT2D eigenvalue weighted by molar-refractivity contribution is 5.71. The Morgan fingerprint density at radius 1 is 0.333 bits per heavy atom. The minimum Gasteiger partial charge on any atom is -0.462 e. The third kappa shape index (κ3) is 44.8. The molecule has 0 aromatic rings. The Balaban J connectivity index is 4.29. The molecular formula is C51H94O6. The Hall–Kier alpha value is -2.11. The molecule has 334 valence electrons. The Labute approximate surface area is 353 Å². The van der Waals surface area contributed by atoms with E-state index in [9.17, 15) is 14.4 Å². The van der Waals surface area contributed by atoms with Gasteiger partial charge in [-0.2, -0.15) is 0 Å². The minimum atomic E-state index is -0.771. The molecule has 1 atom stereocenters. The second kappa shape index (κ2) is 46.6. The number of hydrogen-bond acceptors (Lipinski definition) is 6. The molecule has 1 unspecified atom stereocenters. The van der Waals surface area contributed by atoms with Crippen LogP contribution < -0.4 is 0 Å². The third-order valence-corrected chi connectivity index (χ3v) is 10.9. The van der Waals surface area contributed by atoms with E-state index in [1.54, 1.807) is 0 Å². The topological polar surface area (TPSA) is 78.9 Å². The number of esters is 3. The maximum Gasteiger partial charge on any atom is 0.306 e. The lowest BCUT2D eigenvalue weighted by atomic mass is 10.1. The van der Waals surface area contributed by atoms with Crippen LogP contribution >= 0.6 is 0 Å². The minimum absolute atomic E-state index is 0.0734. The summed E-state index contributed by atoms with van der Waals surface area (Å²) in [5.41, 5.74) is 0. The highest BCUT2D eigenvalue weighted by atomic mass is 16.6. The van der Waals surface area contributed by atoms with Crippen LogP contribution in [0.15, 0.2) is 24.3 Å². The van der Waals surface area contributed by atoms with Crippen molar-refractivity contribution >= 4 is 17.9 Å². The maximum atomic E-state index is 12.7. The van der Waals surface area contributed by atoms with Gasteiger partial charge in [0.1, 0.15) is 13.2 Å². The van der Waals surface area contributed by atoms with E-state index in [-0.39, 0.29) is 31.1 Å². The number of carbonyl (C=O) groups is 3. The molecule has 57 heavy (non-hydrogen) atoms. The number of unbranched alkanes of at least 4 members (excludes halogenated alkanes) is 30. The van der Waals surface area contributed by atoms with Crippen molar-refractivity contribution in [3.8, 4) is 0 Å². The summed E-state index contributed by atoms with van der Waals surface area (Å²) in [6, 6.07) is 0. The molecular weight excluding hydrogens is 709 g/mol. The van der Waals surface area contributed by atoms with Gasteiger partial charge in [0, 0.05) is 19.3 Å². The van der Waals surface area contributed by atoms with Crippen molar-refractivity contribution in [3.63, 3.8) is 0 Å². The number of carbonyl (C=O) groups excluding carboxylic acids is 3. The van der Waals surface area contributed by atoms with Crippen molar-refractivity contribution in [1.29, 1.82) is 0 Å². The molecule has 0 saturated carbocycles. The first kappa shape index (κ1) is 54.9. The molecule has 0 radical (unpaired) electrons. The zero-order valence-electron chi connectivity index (χ0n) is 38.1. The van der Waals surface area contributed by atoms with E-state index in [0.29, 0.717) is 19.3 Å². The van der Waals surface area contributed by atoms with Gasteiger partial charge in [-0.1, -0.05) is 199 Å². The molecule has 0 N–H and O–H groups in total. The molecule has 0 aromatic heterocycles. The summed E-state index contributed by atoms with van der Waals surface area (Å²) < 4.78 is 16.7. The predicted octanol–water partition coefficient (Wildman–Crippen LogP) is 16.0. The highest BCUT2D eigenvalue weighted by Crippen LogP contribution is 2.14. The molecule has 0 heterocycles. The molecule has 0 saturated heterocycles. The van der Waals surface area contributed by atoms with E-state index >= 15 is 0 Å². The zero-order valence-corrected chi connectivity index (χ0v) is 38.1. The van der Waals surface area contributed by atoms with Crippen molar-refractivity contribution in [3.05, 3.63) is 24.3 Å². The first-order chi connectivity index (χ1) is 28.0. The van der Waals surface area contributed by atoms with Crippen LogP contribution in [-0.2, 0) is 28.6 Å². The average molecular weight is 803 g/mol. The summed E-state index contributed by atoms with van der Waals surface area (Å²) in [5.74, 6) is -0.882. The predicted molar refractivity (Wildman–Crippen MR) is 243 cm³/mol. The van der Waals surface area contributed by atoms with Crippen LogP contribution in [0, 0.1) is 0 Å². The standard InChI is InChI=1S/C51H94O6/c1-4-7-10-13-16-19-21-23-25-26-27-29-30-32-35-38-41-44-50(53)56-47-48(46-55-49(52)43-40-37-34-18-15-12-9-6-3)57-51(54)45-42-39-36-33-31-28-24-22-20-17-14-11-8-5-2/h22-25,48H,4-21,26-47H2,1-3H3/b24-22-,25-23-. The first-order valence-corrected chi connectivity index (χ1v) is 24.8. The van der Waals surface area contributed by atoms with Crippen LogP contribution in [0.2, 0.25) is 0 Å². The monoisotopic (exact) mass is 803 g/mol. The quantitative estimate of drug-likeness (QED) is 0.0264. The molecule has 0 spiro atoms. The Bertz CT molecular complexity index is 927. The number of ether oxygens (including phenoxy) is 3. The van der Waals surface area contributed by atoms with Crippen molar-refractivity contribution in [2.45, 2.75) is 271 Å². The smallest absolute Gasteiger partial charge is 0.306 e. The Morgan fingerprint density at radius 2 is 0.579 bits per heavy atom. The van der Waals surface area contributed by atoms with Crippen LogP contribution in [0.5, 0.6) is 0 Å².